The van der Waals surface area contributed by atoms with Crippen molar-refractivity contribution in [3.63, 3.8) is 0 Å². The van der Waals surface area contributed by atoms with Crippen LogP contribution in [0.2, 0.25) is 0 Å². The minimum Gasteiger partial charge on any atom is -0.508 e. The van der Waals surface area contributed by atoms with Crippen molar-refractivity contribution < 1.29 is 87.1 Å². The summed E-state index contributed by atoms with van der Waals surface area (Å²) in [5.74, 6) is -11.7. The van der Waals surface area contributed by atoms with Crippen LogP contribution in [0.4, 0.5) is 0 Å². The van der Waals surface area contributed by atoms with E-state index in [1.807, 2.05) is 0 Å². The van der Waals surface area contributed by atoms with E-state index in [4.69, 9.17) is 26.7 Å². The number of primary amides is 3. The Balaban J connectivity index is 0.960. The zero-order valence-corrected chi connectivity index (χ0v) is 54.0. The quantitative estimate of drug-likeness (QED) is 0.0296. The van der Waals surface area contributed by atoms with Crippen molar-refractivity contribution in [2.24, 2.45) is 23.1 Å². The van der Waals surface area contributed by atoms with Crippen LogP contribution in [0.1, 0.15) is 121 Å². The van der Waals surface area contributed by atoms with E-state index in [0.29, 0.717) is 28.7 Å². The summed E-state index contributed by atoms with van der Waals surface area (Å²) in [7, 11) is 2.15. The fourth-order valence-corrected chi connectivity index (χ4v) is 13.7. The molecule has 0 bridgehead atoms. The second kappa shape index (κ2) is 32.4. The Morgan fingerprint density at radius 1 is 0.708 bits per heavy atom. The molecule has 8 atom stereocenters. The van der Waals surface area contributed by atoms with E-state index in [2.05, 4.69) is 42.5 Å². The molecule has 4 aliphatic rings. The Morgan fingerprint density at radius 2 is 1.35 bits per heavy atom. The highest BCUT2D eigenvalue weighted by Gasteiger charge is 2.54. The third-order valence-corrected chi connectivity index (χ3v) is 19.1. The van der Waals surface area contributed by atoms with Gasteiger partial charge in [0.05, 0.1) is 18.5 Å². The maximum atomic E-state index is 14.8. The number of hydrogen-bond donors (Lipinski definition) is 14. The number of rotatable bonds is 21. The Morgan fingerprint density at radius 3 is 2.01 bits per heavy atom. The van der Waals surface area contributed by atoms with Crippen LogP contribution in [-0.4, -0.2) is 171 Å². The predicted molar refractivity (Wildman–Crippen MR) is 346 cm³/mol. The summed E-state index contributed by atoms with van der Waals surface area (Å²) in [6, 6.07) is 8.82. The molecular weight excluding hydrogens is 1290 g/mol. The minimum absolute atomic E-state index is 0.0291. The van der Waals surface area contributed by atoms with Crippen molar-refractivity contribution in [2.75, 3.05) is 31.1 Å². The van der Waals surface area contributed by atoms with Gasteiger partial charge >= 0.3 is 5.97 Å². The van der Waals surface area contributed by atoms with Gasteiger partial charge in [0.15, 0.2) is 5.60 Å². The fourth-order valence-electron chi connectivity index (χ4n) is 11.5. The van der Waals surface area contributed by atoms with Crippen molar-refractivity contribution >= 4 is 98.4 Å². The third-order valence-electron chi connectivity index (χ3n) is 16.7. The highest BCUT2D eigenvalue weighted by Crippen LogP contribution is 2.57. The normalized spacial score (nSPS) is 21.1. The molecule has 4 aromatic rings. The standard InChI is InChI=1S/C64H76N12O18S2/c1-3-32(2)54-61(90)72-43(19-20-50(65)80)57(86)73-45(29-51(66)81)58(87)74-46(31-96-95-24-21-53(83)70-44(59(88)75-54)25-33-9-12-35(77)13-10-33)62(91)76-23-6-8-47(76)60(89)71-42(56(85)69-30-52(67)82)7-4-5-22-68-55(84)34-11-16-39-38(26-34)63(92)94-64(39)40-17-14-36(78)27-48(40)93-49-28-37(79)15-18-41(49)64/h9-18,26-28,32,42-47,54,77-79H,3-8,19-25,29-31H2,1-2H3,(H2,65,80)(H2,66,81)(H2,67,82)(H,68,84)(H,69,85)(H,70,83)(H,71,89)(H,72,90)(H,73,86)(H,74,87)(H,75,88)/t32-,42-,43-,44-,45-,46-,47-,54-/m0/s1. The van der Waals surface area contributed by atoms with Gasteiger partial charge in [0.25, 0.3) is 5.91 Å². The lowest BCUT2D eigenvalue weighted by molar-refractivity contribution is -0.142. The van der Waals surface area contributed by atoms with Gasteiger partial charge in [0.1, 0.15) is 71.0 Å². The van der Waals surface area contributed by atoms with E-state index >= 15 is 0 Å². The van der Waals surface area contributed by atoms with Gasteiger partial charge in [0, 0.05) is 78.2 Å². The molecule has 96 heavy (non-hydrogen) atoms. The average Bonchev–Trinajstić information content (AvgIpc) is 1.46. The second-order valence-corrected chi connectivity index (χ2v) is 26.2. The van der Waals surface area contributed by atoms with Crippen LogP contribution in [0, 0.1) is 5.92 Å². The van der Waals surface area contributed by atoms with E-state index in [-0.39, 0.29) is 109 Å². The van der Waals surface area contributed by atoms with E-state index in [0.717, 1.165) is 21.6 Å². The summed E-state index contributed by atoms with van der Waals surface area (Å²) in [6.45, 7) is 2.81. The van der Waals surface area contributed by atoms with E-state index in [1.54, 1.807) is 44.2 Å². The highest BCUT2D eigenvalue weighted by atomic mass is 33.1. The molecule has 4 aromatic carbocycles. The number of nitrogens with zero attached hydrogens (tertiary/aromatic N) is 1. The van der Waals surface area contributed by atoms with Gasteiger partial charge in [-0.1, -0.05) is 60.1 Å². The number of phenols is 3. The van der Waals surface area contributed by atoms with Gasteiger partial charge < -0.3 is 89.4 Å². The monoisotopic (exact) mass is 1360 g/mol. The van der Waals surface area contributed by atoms with Crippen LogP contribution in [0.3, 0.4) is 0 Å². The molecule has 0 unspecified atom stereocenters. The first-order valence-corrected chi connectivity index (χ1v) is 33.5. The number of hydrogen-bond acceptors (Lipinski definition) is 20. The Bertz CT molecular complexity index is 3640. The van der Waals surface area contributed by atoms with Gasteiger partial charge in [-0.3, -0.25) is 57.5 Å². The Labute approximate surface area is 558 Å². The summed E-state index contributed by atoms with van der Waals surface area (Å²) in [5, 5.41) is 51.3. The van der Waals surface area contributed by atoms with E-state index < -0.39 is 156 Å². The molecule has 2 saturated heterocycles. The lowest BCUT2D eigenvalue weighted by atomic mass is 9.77. The van der Waals surface area contributed by atoms with Crippen LogP contribution in [0.25, 0.3) is 0 Å². The molecule has 30 nitrogen and oxygen atoms in total. The zero-order valence-electron chi connectivity index (χ0n) is 52.4. The van der Waals surface area contributed by atoms with Gasteiger partial charge in [0.2, 0.25) is 65.0 Å². The van der Waals surface area contributed by atoms with Crippen LogP contribution in [0.5, 0.6) is 28.7 Å². The van der Waals surface area contributed by atoms with Crippen molar-refractivity contribution in [1.82, 2.24) is 47.4 Å². The molecule has 2 fully saturated rings. The summed E-state index contributed by atoms with van der Waals surface area (Å²) >= 11 is 0. The summed E-state index contributed by atoms with van der Waals surface area (Å²) < 4.78 is 12.1. The molecule has 8 rings (SSSR count). The Kier molecular flexibility index (Phi) is 24.2. The molecule has 0 aromatic heterocycles. The van der Waals surface area contributed by atoms with Crippen molar-refractivity contribution in [3.05, 3.63) is 112 Å². The van der Waals surface area contributed by atoms with Crippen molar-refractivity contribution in [2.45, 2.75) is 132 Å². The molecule has 0 aliphatic carbocycles. The number of esters is 1. The lowest BCUT2D eigenvalue weighted by Crippen LogP contribution is -2.61. The zero-order chi connectivity index (χ0) is 69.5. The number of ether oxygens (including phenoxy) is 2. The molecule has 4 heterocycles. The van der Waals surface area contributed by atoms with Gasteiger partial charge in [-0.05, 0) is 98.5 Å². The first-order valence-electron chi connectivity index (χ1n) is 31.0. The Hall–Kier alpha value is -10.1. The number of carbonyl (C=O) groups is 13. The number of fused-ring (bicyclic) bond motifs is 6. The summed E-state index contributed by atoms with van der Waals surface area (Å²) in [6.07, 6.45) is -0.950. The number of aromatic hydroxyl groups is 3. The number of phenolic OH excluding ortho intramolecular Hbond substituents is 3. The molecule has 32 heteroatoms. The topological polar surface area (TPSA) is 479 Å². The van der Waals surface area contributed by atoms with Gasteiger partial charge in [-0.2, -0.15) is 0 Å². The van der Waals surface area contributed by atoms with Gasteiger partial charge in [-0.25, -0.2) is 4.79 Å². The predicted octanol–water partition coefficient (Wildman–Crippen LogP) is -0.0124. The van der Waals surface area contributed by atoms with E-state index in [9.17, 15) is 77.6 Å². The smallest absolute Gasteiger partial charge is 0.340 e. The summed E-state index contributed by atoms with van der Waals surface area (Å²) in [4.78, 5) is 178. The number of likely N-dealkylation sites (tertiary alicyclic amines) is 1. The molecule has 12 amide bonds. The second-order valence-electron chi connectivity index (χ2n) is 23.6. The molecule has 1 spiro atoms. The molecular formula is C64H76N12O18S2. The minimum atomic E-state index is -1.80. The molecule has 0 saturated carbocycles. The molecule has 17 N–H and O–H groups in total. The van der Waals surface area contributed by atoms with Crippen LogP contribution in [0.15, 0.2) is 78.9 Å². The maximum absolute atomic E-state index is 14.8. The maximum Gasteiger partial charge on any atom is 0.340 e. The molecule has 0 radical (unpaired) electrons. The van der Waals surface area contributed by atoms with E-state index in [1.165, 1.54) is 53.4 Å². The first kappa shape index (κ1) is 71.7. The number of benzene rings is 4. The first-order chi connectivity index (χ1) is 45.8. The number of nitrogens with one attached hydrogen (secondary N) is 8. The number of carbonyl (C=O) groups excluding carboxylic acids is 13. The molecule has 4 aliphatic heterocycles. The average molecular weight is 1370 g/mol. The van der Waals surface area contributed by atoms with Crippen LogP contribution >= 0.6 is 21.6 Å². The SMILES string of the molecule is CC[C@H](C)[C@@H]1NC(=O)[C@H](Cc2ccc(O)cc2)NC(=O)CCSSC[C@@H](C(=O)N2CCC[C@H]2C(=O)N[C@@H](CCCCNC(=O)c2ccc3c(c2)C(=O)OC32c3ccc(O)cc3Oc3cc(O)ccc32)C(=O)NCC(N)=O)NC(=O)[C@H](CC(N)=O)NC(=O)[C@H](CCC(N)=O)NC1=O. The van der Waals surface area contributed by atoms with Gasteiger partial charge in [-0.15, -0.1) is 0 Å². The molecule has 512 valence electrons. The highest BCUT2D eigenvalue weighted by molar-refractivity contribution is 8.76. The van der Waals surface area contributed by atoms with Crippen molar-refractivity contribution in [1.29, 1.82) is 0 Å². The number of amides is 12. The van der Waals surface area contributed by atoms with Crippen LogP contribution in [-0.2, 0) is 69.5 Å². The number of nitrogens with two attached hydrogens (primary N) is 3. The van der Waals surface area contributed by atoms with Crippen molar-refractivity contribution in [3.8, 4) is 28.7 Å². The lowest BCUT2D eigenvalue weighted by Gasteiger charge is -2.36. The fraction of sp³-hybridized carbons (Fsp3) is 0.422. The number of unbranched alkanes of at least 4 members (excludes halogenated alkanes) is 1. The largest absolute Gasteiger partial charge is 0.508 e. The van der Waals surface area contributed by atoms with Crippen LogP contribution < -0.4 is 64.5 Å². The summed E-state index contributed by atoms with van der Waals surface area (Å²) in [5.41, 5.74) is 16.7. The third kappa shape index (κ3) is 17.8.